The van der Waals surface area contributed by atoms with Crippen molar-refractivity contribution in [3.63, 3.8) is 0 Å². The molecule has 8 aromatic carbocycles. The highest BCUT2D eigenvalue weighted by atomic mass is 16.3. The molecule has 0 radical (unpaired) electrons. The smallest absolute Gasteiger partial charge is 0.227 e. The maximum absolute atomic E-state index is 6.40. The average molecular weight is 681 g/mol. The molecule has 0 unspecified atom stereocenters. The van der Waals surface area contributed by atoms with Crippen LogP contribution in [0.3, 0.4) is 0 Å². The molecule has 0 fully saturated rings. The van der Waals surface area contributed by atoms with Gasteiger partial charge in [-0.05, 0) is 104 Å². The summed E-state index contributed by atoms with van der Waals surface area (Å²) in [6.07, 6.45) is 0. The second kappa shape index (κ2) is 12.2. The molecule has 0 amide bonds. The van der Waals surface area contributed by atoms with Gasteiger partial charge in [0.05, 0.1) is 0 Å². The molecule has 3 heteroatoms. The van der Waals surface area contributed by atoms with Crippen molar-refractivity contribution in [2.75, 3.05) is 4.90 Å². The molecule has 9 aromatic rings. The van der Waals surface area contributed by atoms with Crippen LogP contribution in [0, 0.1) is 0 Å². The first kappa shape index (κ1) is 31.1. The molecule has 10 rings (SSSR count). The van der Waals surface area contributed by atoms with Crippen LogP contribution in [-0.2, 0) is 5.41 Å². The van der Waals surface area contributed by atoms with Crippen molar-refractivity contribution in [3.8, 4) is 44.8 Å². The van der Waals surface area contributed by atoms with Gasteiger partial charge in [0.15, 0.2) is 5.58 Å². The van der Waals surface area contributed by atoms with Gasteiger partial charge in [-0.15, -0.1) is 0 Å². The number of anilines is 3. The van der Waals surface area contributed by atoms with E-state index in [1.54, 1.807) is 0 Å². The molecule has 53 heavy (non-hydrogen) atoms. The van der Waals surface area contributed by atoms with Gasteiger partial charge in [-0.2, -0.15) is 0 Å². The van der Waals surface area contributed by atoms with Crippen molar-refractivity contribution in [1.82, 2.24) is 4.98 Å². The van der Waals surface area contributed by atoms with Crippen LogP contribution in [0.5, 0.6) is 0 Å². The van der Waals surface area contributed by atoms with Crippen LogP contribution in [-0.4, -0.2) is 4.98 Å². The minimum Gasteiger partial charge on any atom is -0.436 e. The Bertz CT molecular complexity index is 2780. The van der Waals surface area contributed by atoms with Gasteiger partial charge < -0.3 is 9.32 Å². The van der Waals surface area contributed by atoms with Gasteiger partial charge in [0.2, 0.25) is 5.89 Å². The summed E-state index contributed by atoms with van der Waals surface area (Å²) >= 11 is 0. The second-order valence-electron chi connectivity index (χ2n) is 14.4. The molecule has 0 atom stereocenters. The Kier molecular flexibility index (Phi) is 7.16. The zero-order valence-corrected chi connectivity index (χ0v) is 29.6. The van der Waals surface area contributed by atoms with Gasteiger partial charge in [-0.3, -0.25) is 0 Å². The van der Waals surface area contributed by atoms with Crippen molar-refractivity contribution in [2.45, 2.75) is 19.3 Å². The van der Waals surface area contributed by atoms with Crippen LogP contribution in [0.1, 0.15) is 25.0 Å². The van der Waals surface area contributed by atoms with E-state index in [2.05, 4.69) is 170 Å². The summed E-state index contributed by atoms with van der Waals surface area (Å²) in [4.78, 5) is 7.33. The predicted molar refractivity (Wildman–Crippen MR) is 220 cm³/mol. The van der Waals surface area contributed by atoms with Gasteiger partial charge in [0.25, 0.3) is 0 Å². The third kappa shape index (κ3) is 5.16. The monoisotopic (exact) mass is 680 g/mol. The maximum atomic E-state index is 6.40. The number of aromatic nitrogens is 1. The molecule has 1 aliphatic rings. The third-order valence-corrected chi connectivity index (χ3v) is 10.9. The molecule has 0 bridgehead atoms. The minimum atomic E-state index is -0.102. The van der Waals surface area contributed by atoms with Crippen molar-refractivity contribution >= 4 is 38.9 Å². The van der Waals surface area contributed by atoms with Gasteiger partial charge in [0, 0.05) is 33.4 Å². The van der Waals surface area contributed by atoms with Gasteiger partial charge >= 0.3 is 0 Å². The molecule has 0 N–H and O–H groups in total. The highest BCUT2D eigenvalue weighted by molar-refractivity contribution is 6.11. The van der Waals surface area contributed by atoms with E-state index in [0.29, 0.717) is 5.89 Å². The highest BCUT2D eigenvalue weighted by Crippen LogP contribution is 2.51. The largest absolute Gasteiger partial charge is 0.436 e. The predicted octanol–water partition coefficient (Wildman–Crippen LogP) is 13.8. The quantitative estimate of drug-likeness (QED) is 0.175. The number of hydrogen-bond donors (Lipinski definition) is 0. The molecule has 0 saturated heterocycles. The Morgan fingerprint density at radius 1 is 0.434 bits per heavy atom. The number of rotatable bonds is 6. The maximum Gasteiger partial charge on any atom is 0.227 e. The summed E-state index contributed by atoms with van der Waals surface area (Å²) in [6, 6.07) is 65.0. The van der Waals surface area contributed by atoms with E-state index >= 15 is 0 Å². The van der Waals surface area contributed by atoms with Gasteiger partial charge in [0.1, 0.15) is 5.52 Å². The van der Waals surface area contributed by atoms with E-state index in [-0.39, 0.29) is 5.41 Å². The van der Waals surface area contributed by atoms with Crippen molar-refractivity contribution < 1.29 is 4.42 Å². The standard InChI is InChI=1S/C50H36N2O/c1-50(2)45-20-12-11-18-41(45)42-30-29-39(31-46(42)50)52(37-25-21-34(22-26-37)33-13-5-3-6-14-33)38-27-23-35(24-28-38)44-32-47-48(43-19-10-9-17-40(43)44)51-49(53-47)36-15-7-4-8-16-36/h3-32H,1-2H3. The van der Waals surface area contributed by atoms with Crippen molar-refractivity contribution in [2.24, 2.45) is 0 Å². The van der Waals surface area contributed by atoms with Crippen LogP contribution in [0.25, 0.3) is 66.7 Å². The Labute approximate surface area is 309 Å². The van der Waals surface area contributed by atoms with E-state index in [0.717, 1.165) is 55.6 Å². The number of benzene rings is 8. The average Bonchev–Trinajstić information content (AvgIpc) is 3.76. The molecule has 0 saturated carbocycles. The lowest BCUT2D eigenvalue weighted by atomic mass is 9.82. The molecule has 1 aliphatic carbocycles. The first-order chi connectivity index (χ1) is 26.0. The second-order valence-corrected chi connectivity index (χ2v) is 14.4. The van der Waals surface area contributed by atoms with Crippen molar-refractivity contribution in [1.29, 1.82) is 0 Å². The lowest BCUT2D eigenvalue weighted by molar-refractivity contribution is 0.620. The fraction of sp³-hybridized carbons (Fsp3) is 0.0600. The molecule has 1 aromatic heterocycles. The summed E-state index contributed by atoms with van der Waals surface area (Å²) < 4.78 is 6.40. The van der Waals surface area contributed by atoms with Crippen LogP contribution >= 0.6 is 0 Å². The lowest BCUT2D eigenvalue weighted by Gasteiger charge is -2.28. The topological polar surface area (TPSA) is 29.3 Å². The van der Waals surface area contributed by atoms with E-state index < -0.39 is 0 Å². The summed E-state index contributed by atoms with van der Waals surface area (Å²) in [5, 5.41) is 2.23. The molecule has 1 heterocycles. The van der Waals surface area contributed by atoms with Crippen LogP contribution in [0.2, 0.25) is 0 Å². The van der Waals surface area contributed by atoms with E-state index in [1.807, 2.05) is 30.3 Å². The van der Waals surface area contributed by atoms with Crippen LogP contribution < -0.4 is 4.90 Å². The molecule has 252 valence electrons. The minimum absolute atomic E-state index is 0.102. The van der Waals surface area contributed by atoms with Gasteiger partial charge in [-0.25, -0.2) is 4.98 Å². The normalized spacial score (nSPS) is 12.9. The zero-order valence-electron chi connectivity index (χ0n) is 29.6. The third-order valence-electron chi connectivity index (χ3n) is 10.9. The Morgan fingerprint density at radius 2 is 0.981 bits per heavy atom. The fourth-order valence-corrected chi connectivity index (χ4v) is 8.20. The molecular formula is C50H36N2O. The Balaban J connectivity index is 1.09. The highest BCUT2D eigenvalue weighted by Gasteiger charge is 2.35. The fourth-order valence-electron chi connectivity index (χ4n) is 8.20. The summed E-state index contributed by atoms with van der Waals surface area (Å²) in [7, 11) is 0. The zero-order chi connectivity index (χ0) is 35.5. The SMILES string of the molecule is CC1(C)c2ccccc2-c2ccc(N(c3ccc(-c4ccccc4)cc3)c3ccc(-c4cc5oc(-c6ccccc6)nc5c5ccccc45)cc3)cc21. The number of fused-ring (bicyclic) bond motifs is 6. The Hall–Kier alpha value is -6.71. The van der Waals surface area contributed by atoms with E-state index in [4.69, 9.17) is 9.40 Å². The van der Waals surface area contributed by atoms with Crippen LogP contribution in [0.15, 0.2) is 186 Å². The summed E-state index contributed by atoms with van der Waals surface area (Å²) in [6.45, 7) is 4.68. The molecule has 0 spiro atoms. The Morgan fingerprint density at radius 3 is 1.70 bits per heavy atom. The molecule has 0 aliphatic heterocycles. The van der Waals surface area contributed by atoms with Crippen LogP contribution in [0.4, 0.5) is 17.1 Å². The van der Waals surface area contributed by atoms with E-state index in [1.165, 1.54) is 33.4 Å². The van der Waals surface area contributed by atoms with Crippen molar-refractivity contribution in [3.05, 3.63) is 193 Å². The summed E-state index contributed by atoms with van der Waals surface area (Å²) in [5.74, 6) is 0.632. The summed E-state index contributed by atoms with van der Waals surface area (Å²) in [5.41, 5.74) is 15.9. The number of oxazole rings is 1. The van der Waals surface area contributed by atoms with E-state index in [9.17, 15) is 0 Å². The lowest BCUT2D eigenvalue weighted by Crippen LogP contribution is -2.16. The molecule has 3 nitrogen and oxygen atoms in total. The number of nitrogens with zero attached hydrogens (tertiary/aromatic N) is 2. The number of hydrogen-bond acceptors (Lipinski definition) is 3. The molecular weight excluding hydrogens is 645 g/mol. The van der Waals surface area contributed by atoms with Gasteiger partial charge in [-0.1, -0.05) is 141 Å². The first-order valence-corrected chi connectivity index (χ1v) is 18.2. The first-order valence-electron chi connectivity index (χ1n) is 18.2.